The Morgan fingerprint density at radius 2 is 1.86 bits per heavy atom. The van der Waals surface area contributed by atoms with E-state index in [9.17, 15) is 27.2 Å². The maximum Gasteiger partial charge on any atom is 0.487 e. The molecule has 0 unspecified atom stereocenters. The first-order valence-corrected chi connectivity index (χ1v) is 11.2. The van der Waals surface area contributed by atoms with Crippen molar-refractivity contribution in [1.82, 2.24) is 10.3 Å². The highest BCUT2D eigenvalue weighted by Crippen LogP contribution is 2.37. The van der Waals surface area contributed by atoms with E-state index in [1.807, 2.05) is 0 Å². The van der Waals surface area contributed by atoms with Crippen LogP contribution in [0.1, 0.15) is 25.3 Å². The van der Waals surface area contributed by atoms with Crippen LogP contribution in [0.15, 0.2) is 42.7 Å². The minimum absolute atomic E-state index is 0.0830. The van der Waals surface area contributed by atoms with Crippen molar-refractivity contribution in [2.45, 2.75) is 42.5 Å². The first-order chi connectivity index (χ1) is 16.4. The second kappa shape index (κ2) is 11.0. The minimum Gasteiger partial charge on any atom is -0.420 e. The predicted octanol–water partition coefficient (Wildman–Crippen LogP) is 4.47. The molecule has 7 nitrogen and oxygen atoms in total. The molecule has 3 rings (SSSR count). The normalized spacial score (nSPS) is 17.2. The Kier molecular flexibility index (Phi) is 8.45. The van der Waals surface area contributed by atoms with Gasteiger partial charge in [-0.2, -0.15) is 0 Å². The third-order valence-electron chi connectivity index (χ3n) is 5.45. The van der Waals surface area contributed by atoms with Crippen LogP contribution in [0.5, 0.6) is 5.75 Å². The van der Waals surface area contributed by atoms with Crippen LogP contribution in [0, 0.1) is 5.82 Å². The number of aromatic nitrogens is 1. The van der Waals surface area contributed by atoms with E-state index in [4.69, 9.17) is 27.9 Å². The number of nitrogens with zero attached hydrogens (tertiary/aromatic N) is 2. The lowest BCUT2D eigenvalue weighted by Crippen LogP contribution is -2.60. The number of nitrogens with one attached hydrogen (secondary N) is 1. The molecule has 1 aliphatic heterocycles. The van der Waals surface area contributed by atoms with Gasteiger partial charge in [-0.1, -0.05) is 11.6 Å². The fourth-order valence-electron chi connectivity index (χ4n) is 3.71. The van der Waals surface area contributed by atoms with Crippen LogP contribution in [0.4, 0.5) is 23.2 Å². The van der Waals surface area contributed by atoms with E-state index in [1.165, 1.54) is 6.92 Å². The van der Waals surface area contributed by atoms with E-state index < -0.39 is 34.4 Å². The third-order valence-corrected chi connectivity index (χ3v) is 5.71. The zero-order valence-electron chi connectivity index (χ0n) is 18.3. The molecule has 35 heavy (non-hydrogen) atoms. The van der Waals surface area contributed by atoms with Gasteiger partial charge in [-0.25, -0.2) is 8.78 Å². The molecule has 1 aromatic heterocycles. The van der Waals surface area contributed by atoms with Gasteiger partial charge < -0.3 is 14.8 Å². The Balaban J connectivity index is 2.11. The number of carbonyl (C=O) groups is 2. The van der Waals surface area contributed by atoms with E-state index in [-0.39, 0.29) is 23.0 Å². The number of hydrogen-bond acceptors (Lipinski definition) is 5. The van der Waals surface area contributed by atoms with E-state index in [1.54, 1.807) is 0 Å². The van der Waals surface area contributed by atoms with Gasteiger partial charge in [-0.3, -0.25) is 19.5 Å². The fraction of sp³-hybridized carbons (Fsp3) is 0.409. The average Bonchev–Trinajstić information content (AvgIpc) is 2.79. The van der Waals surface area contributed by atoms with Crippen molar-refractivity contribution in [3.8, 4) is 5.75 Å². The zero-order chi connectivity index (χ0) is 25.8. The molecule has 1 aliphatic rings. The van der Waals surface area contributed by atoms with Crippen molar-refractivity contribution in [3.05, 3.63) is 54.1 Å². The fourth-order valence-corrected chi connectivity index (χ4v) is 3.89. The summed E-state index contributed by atoms with van der Waals surface area (Å²) in [5, 5.41) is 2.79. The summed E-state index contributed by atoms with van der Waals surface area (Å²) in [6.45, 7) is 2.06. The van der Waals surface area contributed by atoms with Gasteiger partial charge in [-0.15, -0.1) is 8.78 Å². The minimum atomic E-state index is -4.00. The number of ether oxygens (including phenoxy) is 2. The van der Waals surface area contributed by atoms with Crippen LogP contribution in [-0.4, -0.2) is 47.3 Å². The number of alkyl halides is 5. The maximum absolute atomic E-state index is 14.2. The van der Waals surface area contributed by atoms with Crippen LogP contribution in [0.3, 0.4) is 0 Å². The van der Waals surface area contributed by atoms with E-state index >= 15 is 0 Å². The molecule has 2 aromatic rings. The first kappa shape index (κ1) is 27.0. The Morgan fingerprint density at radius 1 is 1.23 bits per heavy atom. The monoisotopic (exact) mass is 537 g/mol. The smallest absolute Gasteiger partial charge is 0.420 e. The summed E-state index contributed by atoms with van der Waals surface area (Å²) in [6, 6.07) is 4.98. The number of rotatable bonds is 8. The standard InChI is InChI=1S/C22H21Cl2F4N3O4/c1-21(13-10-14(25)12-29-11-13,20(33)30-15-6-8-34-9-7-15)31(19(32)18(23)26)16-2-4-17(5-3-16)35-22(24,27)28/h2-5,10-12,15,18H,6-9H2,1H3,(H,30,33)/t18-,21+/m0/s1. The number of benzene rings is 1. The summed E-state index contributed by atoms with van der Waals surface area (Å²) in [5.41, 5.74) is -8.84. The van der Waals surface area contributed by atoms with Gasteiger partial charge in [0.1, 0.15) is 11.6 Å². The van der Waals surface area contributed by atoms with Gasteiger partial charge in [0.25, 0.3) is 17.4 Å². The highest BCUT2D eigenvalue weighted by Gasteiger charge is 2.47. The first-order valence-electron chi connectivity index (χ1n) is 10.4. The third kappa shape index (κ3) is 6.53. The molecule has 1 fully saturated rings. The van der Waals surface area contributed by atoms with E-state index in [2.05, 4.69) is 15.0 Å². The summed E-state index contributed by atoms with van der Waals surface area (Å²) in [6.07, 6.45) is 3.01. The van der Waals surface area contributed by atoms with Crippen LogP contribution < -0.4 is 15.0 Å². The van der Waals surface area contributed by atoms with Gasteiger partial charge in [0.05, 0.1) is 6.20 Å². The van der Waals surface area contributed by atoms with Crippen LogP contribution in [0.25, 0.3) is 0 Å². The molecule has 0 radical (unpaired) electrons. The van der Waals surface area contributed by atoms with Crippen molar-refractivity contribution in [2.75, 3.05) is 18.1 Å². The van der Waals surface area contributed by atoms with Crippen molar-refractivity contribution in [1.29, 1.82) is 0 Å². The average molecular weight is 538 g/mol. The number of halogens is 6. The molecule has 1 aromatic carbocycles. The molecule has 2 heterocycles. The van der Waals surface area contributed by atoms with E-state index in [0.29, 0.717) is 26.1 Å². The number of anilines is 1. The Bertz CT molecular complexity index is 1050. The zero-order valence-corrected chi connectivity index (χ0v) is 19.8. The van der Waals surface area contributed by atoms with Gasteiger partial charge in [0.2, 0.25) is 0 Å². The van der Waals surface area contributed by atoms with Gasteiger partial charge in [0.15, 0.2) is 5.54 Å². The van der Waals surface area contributed by atoms with Crippen molar-refractivity contribution < 1.29 is 36.6 Å². The molecule has 0 saturated carbocycles. The van der Waals surface area contributed by atoms with Crippen molar-refractivity contribution in [2.24, 2.45) is 0 Å². The molecule has 0 bridgehead atoms. The quantitative estimate of drug-likeness (QED) is 0.397. The largest absolute Gasteiger partial charge is 0.487 e. The highest BCUT2D eigenvalue weighted by atomic mass is 35.5. The summed E-state index contributed by atoms with van der Waals surface area (Å²) in [7, 11) is 0. The second-order valence-electron chi connectivity index (χ2n) is 7.84. The number of hydrogen-bond donors (Lipinski definition) is 1. The van der Waals surface area contributed by atoms with Crippen LogP contribution in [0.2, 0.25) is 0 Å². The van der Waals surface area contributed by atoms with Crippen LogP contribution >= 0.6 is 23.2 Å². The second-order valence-corrected chi connectivity index (χ2v) is 8.66. The van der Waals surface area contributed by atoms with E-state index in [0.717, 1.165) is 47.6 Å². The molecule has 2 amide bonds. The molecule has 1 saturated heterocycles. The predicted molar refractivity (Wildman–Crippen MR) is 120 cm³/mol. The summed E-state index contributed by atoms with van der Waals surface area (Å²) in [4.78, 5) is 31.1. The molecule has 2 atom stereocenters. The molecule has 190 valence electrons. The molecular weight excluding hydrogens is 517 g/mol. The lowest BCUT2D eigenvalue weighted by atomic mass is 9.88. The van der Waals surface area contributed by atoms with Crippen molar-refractivity contribution >= 4 is 40.7 Å². The number of carbonyl (C=O) groups excluding carboxylic acids is 2. The number of amides is 2. The van der Waals surface area contributed by atoms with Gasteiger partial charge in [-0.05, 0) is 50.1 Å². The molecule has 1 N–H and O–H groups in total. The topological polar surface area (TPSA) is 80.8 Å². The van der Waals surface area contributed by atoms with Gasteiger partial charge in [0, 0.05) is 48.3 Å². The van der Waals surface area contributed by atoms with Crippen molar-refractivity contribution in [3.63, 3.8) is 0 Å². The molecule has 0 aliphatic carbocycles. The Labute approximate surface area is 208 Å². The maximum atomic E-state index is 14.2. The summed E-state index contributed by atoms with van der Waals surface area (Å²) >= 11 is 10.2. The summed E-state index contributed by atoms with van der Waals surface area (Å²) < 4.78 is 63.8. The SMILES string of the molecule is C[C@](C(=O)NC1CCOCC1)(c1cncc(F)c1)N(C(=O)[C@H](F)Cl)c1ccc(OC(F)(F)Cl)cc1. The molecular formula is C22H21Cl2F4N3O4. The summed E-state index contributed by atoms with van der Waals surface area (Å²) in [5.74, 6) is -3.30. The lowest BCUT2D eigenvalue weighted by Gasteiger charge is -2.41. The Morgan fingerprint density at radius 3 is 2.40 bits per heavy atom. The molecule has 13 heteroatoms. The highest BCUT2D eigenvalue weighted by molar-refractivity contribution is 6.32. The van der Waals surface area contributed by atoms with Gasteiger partial charge >= 0.3 is 5.57 Å². The number of pyridine rings is 1. The Hall–Kier alpha value is -2.63. The van der Waals surface area contributed by atoms with Crippen LogP contribution in [-0.2, 0) is 19.9 Å². The lowest BCUT2D eigenvalue weighted by molar-refractivity contribution is -0.132. The molecule has 0 spiro atoms.